The first-order valence-electron chi connectivity index (χ1n) is 8.59. The number of nitrogens with zero attached hydrogens (tertiary/aromatic N) is 1. The fourth-order valence-corrected chi connectivity index (χ4v) is 3.29. The minimum absolute atomic E-state index is 0. The van der Waals surface area contributed by atoms with E-state index in [0.29, 0.717) is 12.0 Å². The summed E-state index contributed by atoms with van der Waals surface area (Å²) in [5.41, 5.74) is 1.14. The summed E-state index contributed by atoms with van der Waals surface area (Å²) in [5, 5.41) is 6.44. The van der Waals surface area contributed by atoms with Gasteiger partial charge >= 0.3 is 0 Å². The Morgan fingerprint density at radius 2 is 1.84 bits per heavy atom. The smallest absolute Gasteiger partial charge is 0.223 e. The highest BCUT2D eigenvalue weighted by molar-refractivity contribution is 5.85. The van der Waals surface area contributed by atoms with Crippen LogP contribution in [-0.2, 0) is 11.3 Å². The molecule has 4 nitrogen and oxygen atoms in total. The summed E-state index contributed by atoms with van der Waals surface area (Å²) in [7, 11) is 0. The summed E-state index contributed by atoms with van der Waals surface area (Å²) in [5.74, 6) is 0.612. The third kappa shape index (κ3) is 6.10. The molecule has 2 aliphatic heterocycles. The minimum Gasteiger partial charge on any atom is -0.353 e. The Bertz CT molecular complexity index is 532. The molecule has 1 aromatic carbocycles. The van der Waals surface area contributed by atoms with Crippen molar-refractivity contribution in [2.24, 2.45) is 11.8 Å². The Kier molecular flexibility index (Phi) is 9.14. The van der Waals surface area contributed by atoms with E-state index in [-0.39, 0.29) is 42.5 Å². The standard InChI is InChI=1S/C18H26FN3O.2ClH/c1-13(15-10-20-11-15)18(23)21-17-6-8-22(9-7-17)12-14-2-4-16(19)5-3-14;;/h2-5,13,15,17,20H,6-12H2,1H3,(H,21,23);2*1H. The van der Waals surface area contributed by atoms with Crippen molar-refractivity contribution in [3.63, 3.8) is 0 Å². The zero-order valence-electron chi connectivity index (χ0n) is 14.5. The number of nitrogens with one attached hydrogen (secondary N) is 2. The van der Waals surface area contributed by atoms with E-state index in [1.165, 1.54) is 12.1 Å². The number of benzene rings is 1. The van der Waals surface area contributed by atoms with Crippen LogP contribution in [0.5, 0.6) is 0 Å². The summed E-state index contributed by atoms with van der Waals surface area (Å²) in [6.07, 6.45) is 1.98. The van der Waals surface area contributed by atoms with Crippen LogP contribution in [0.15, 0.2) is 24.3 Å². The Hall–Kier alpha value is -0.880. The second-order valence-electron chi connectivity index (χ2n) is 6.89. The van der Waals surface area contributed by atoms with E-state index in [1.807, 2.05) is 19.1 Å². The third-order valence-electron chi connectivity index (χ3n) is 5.19. The van der Waals surface area contributed by atoms with Gasteiger partial charge in [0.05, 0.1) is 0 Å². The first-order valence-corrected chi connectivity index (χ1v) is 8.59. The molecule has 1 unspecified atom stereocenters. The minimum atomic E-state index is -0.189. The molecule has 1 aromatic rings. The maximum atomic E-state index is 12.9. The molecule has 2 saturated heterocycles. The zero-order valence-corrected chi connectivity index (χ0v) is 16.2. The molecule has 7 heteroatoms. The molecule has 1 atom stereocenters. The molecule has 25 heavy (non-hydrogen) atoms. The van der Waals surface area contributed by atoms with Gasteiger partial charge in [-0.2, -0.15) is 0 Å². The van der Waals surface area contributed by atoms with E-state index in [2.05, 4.69) is 15.5 Å². The SMILES string of the molecule is CC(C(=O)NC1CCN(Cc2ccc(F)cc2)CC1)C1CNC1.Cl.Cl. The molecule has 1 amide bonds. The van der Waals surface area contributed by atoms with Crippen LogP contribution in [-0.4, -0.2) is 43.0 Å². The largest absolute Gasteiger partial charge is 0.353 e. The molecule has 2 aliphatic rings. The molecule has 2 fully saturated rings. The number of carbonyl (C=O) groups is 1. The van der Waals surface area contributed by atoms with E-state index < -0.39 is 0 Å². The highest BCUT2D eigenvalue weighted by Gasteiger charge is 2.30. The van der Waals surface area contributed by atoms with Crippen molar-refractivity contribution in [1.29, 1.82) is 0 Å². The number of carbonyl (C=O) groups excluding carboxylic acids is 1. The molecular formula is C18H28Cl2FN3O. The summed E-state index contributed by atoms with van der Waals surface area (Å²) >= 11 is 0. The molecule has 2 heterocycles. The number of hydrogen-bond acceptors (Lipinski definition) is 3. The van der Waals surface area contributed by atoms with Gasteiger partial charge in [0, 0.05) is 31.6 Å². The van der Waals surface area contributed by atoms with Gasteiger partial charge in [-0.3, -0.25) is 9.69 Å². The van der Waals surface area contributed by atoms with E-state index in [0.717, 1.165) is 51.1 Å². The van der Waals surface area contributed by atoms with Crippen LogP contribution in [0.2, 0.25) is 0 Å². The quantitative estimate of drug-likeness (QED) is 0.810. The van der Waals surface area contributed by atoms with Gasteiger partial charge in [0.2, 0.25) is 5.91 Å². The number of hydrogen-bond donors (Lipinski definition) is 2. The van der Waals surface area contributed by atoms with Gasteiger partial charge < -0.3 is 10.6 Å². The fourth-order valence-electron chi connectivity index (χ4n) is 3.29. The average molecular weight is 392 g/mol. The first-order chi connectivity index (χ1) is 11.1. The molecule has 0 saturated carbocycles. The Morgan fingerprint density at radius 3 is 2.36 bits per heavy atom. The van der Waals surface area contributed by atoms with Gasteiger partial charge in [-0.25, -0.2) is 4.39 Å². The van der Waals surface area contributed by atoms with Crippen molar-refractivity contribution in [2.45, 2.75) is 32.4 Å². The van der Waals surface area contributed by atoms with Gasteiger partial charge in [0.15, 0.2) is 0 Å². The monoisotopic (exact) mass is 391 g/mol. The van der Waals surface area contributed by atoms with Gasteiger partial charge in [-0.15, -0.1) is 24.8 Å². The van der Waals surface area contributed by atoms with Gasteiger partial charge in [-0.05, 0) is 49.5 Å². The van der Waals surface area contributed by atoms with Crippen LogP contribution >= 0.6 is 24.8 Å². The third-order valence-corrected chi connectivity index (χ3v) is 5.19. The van der Waals surface area contributed by atoms with E-state index >= 15 is 0 Å². The summed E-state index contributed by atoms with van der Waals surface area (Å²) in [6, 6.07) is 7.01. The number of piperidine rings is 1. The second-order valence-corrected chi connectivity index (χ2v) is 6.89. The summed E-state index contributed by atoms with van der Waals surface area (Å²) in [6.45, 7) is 6.76. The average Bonchev–Trinajstić information content (AvgIpc) is 2.50. The normalized spacial score (nSPS) is 19.9. The molecule has 0 aliphatic carbocycles. The number of likely N-dealkylation sites (tertiary alicyclic amines) is 1. The molecule has 0 aromatic heterocycles. The van der Waals surface area contributed by atoms with E-state index in [4.69, 9.17) is 0 Å². The van der Waals surface area contributed by atoms with E-state index in [1.54, 1.807) is 0 Å². The van der Waals surface area contributed by atoms with Crippen LogP contribution in [0.3, 0.4) is 0 Å². The van der Waals surface area contributed by atoms with Gasteiger partial charge in [0.1, 0.15) is 5.82 Å². The maximum Gasteiger partial charge on any atom is 0.223 e. The summed E-state index contributed by atoms with van der Waals surface area (Å²) in [4.78, 5) is 14.6. The summed E-state index contributed by atoms with van der Waals surface area (Å²) < 4.78 is 12.9. The highest BCUT2D eigenvalue weighted by atomic mass is 35.5. The van der Waals surface area contributed by atoms with Crippen molar-refractivity contribution < 1.29 is 9.18 Å². The number of rotatable bonds is 5. The maximum absolute atomic E-state index is 12.9. The van der Waals surface area contributed by atoms with Crippen molar-refractivity contribution in [1.82, 2.24) is 15.5 Å². The lowest BCUT2D eigenvalue weighted by Gasteiger charge is -2.35. The van der Waals surface area contributed by atoms with Crippen LogP contribution in [0.25, 0.3) is 0 Å². The first kappa shape index (κ1) is 22.2. The van der Waals surface area contributed by atoms with Crippen LogP contribution in [0.1, 0.15) is 25.3 Å². The Balaban J connectivity index is 0.00000156. The topological polar surface area (TPSA) is 44.4 Å². The van der Waals surface area contributed by atoms with Crippen molar-refractivity contribution >= 4 is 30.7 Å². The molecule has 0 spiro atoms. The van der Waals surface area contributed by atoms with Crippen LogP contribution in [0, 0.1) is 17.7 Å². The van der Waals surface area contributed by atoms with Gasteiger partial charge in [-0.1, -0.05) is 19.1 Å². The molecule has 0 bridgehead atoms. The van der Waals surface area contributed by atoms with Crippen molar-refractivity contribution in [2.75, 3.05) is 26.2 Å². The predicted octanol–water partition coefficient (Wildman–Crippen LogP) is 2.61. The van der Waals surface area contributed by atoms with Crippen LogP contribution in [0.4, 0.5) is 4.39 Å². The van der Waals surface area contributed by atoms with Crippen LogP contribution < -0.4 is 10.6 Å². The zero-order chi connectivity index (χ0) is 16.2. The number of amides is 1. The Labute approximate surface area is 161 Å². The fraction of sp³-hybridized carbons (Fsp3) is 0.611. The molecule has 142 valence electrons. The molecule has 3 rings (SSSR count). The highest BCUT2D eigenvalue weighted by Crippen LogP contribution is 2.18. The molecule has 0 radical (unpaired) electrons. The predicted molar refractivity (Wildman–Crippen MR) is 103 cm³/mol. The lowest BCUT2D eigenvalue weighted by atomic mass is 9.88. The Morgan fingerprint density at radius 1 is 1.24 bits per heavy atom. The van der Waals surface area contributed by atoms with Gasteiger partial charge in [0.25, 0.3) is 0 Å². The van der Waals surface area contributed by atoms with Crippen molar-refractivity contribution in [3.05, 3.63) is 35.6 Å². The van der Waals surface area contributed by atoms with Crippen molar-refractivity contribution in [3.8, 4) is 0 Å². The lowest BCUT2D eigenvalue weighted by Crippen LogP contribution is -2.52. The van der Waals surface area contributed by atoms with E-state index in [9.17, 15) is 9.18 Å². The second kappa shape index (κ2) is 10.3. The molecule has 2 N–H and O–H groups in total. The lowest BCUT2D eigenvalue weighted by molar-refractivity contribution is -0.127. The molecular weight excluding hydrogens is 364 g/mol. The number of halogens is 3.